The number of amides is 2. The van der Waals surface area contributed by atoms with E-state index in [1.165, 1.54) is 22.7 Å². The van der Waals surface area contributed by atoms with E-state index in [0.717, 1.165) is 50.4 Å². The molecule has 3 aliphatic rings. The highest BCUT2D eigenvalue weighted by atomic mass is 35.5. The highest BCUT2D eigenvalue weighted by Crippen LogP contribution is 2.40. The summed E-state index contributed by atoms with van der Waals surface area (Å²) in [4.78, 5) is 46.2. The molecular weight excluding hydrogens is 675 g/mol. The number of anilines is 1. The van der Waals surface area contributed by atoms with Crippen molar-refractivity contribution in [2.45, 2.75) is 63.3 Å². The van der Waals surface area contributed by atoms with Crippen molar-refractivity contribution in [3.05, 3.63) is 69.1 Å². The summed E-state index contributed by atoms with van der Waals surface area (Å²) in [6.45, 7) is 3.44. The summed E-state index contributed by atoms with van der Waals surface area (Å²) in [5.74, 6) is 1.11. The second-order valence-electron chi connectivity index (χ2n) is 13.4. The minimum Gasteiger partial charge on any atom is -0.436 e. The number of halogens is 4. The Morgan fingerprint density at radius 2 is 1.62 bits per heavy atom. The van der Waals surface area contributed by atoms with Crippen LogP contribution in [0, 0.1) is 11.8 Å². The number of aromatic amines is 1. The highest BCUT2D eigenvalue weighted by Gasteiger charge is 2.38. The molecule has 3 saturated heterocycles. The number of alkyl halides is 3. The molecule has 0 radical (unpaired) electrons. The maximum absolute atomic E-state index is 14.0. The fourth-order valence-corrected chi connectivity index (χ4v) is 7.90. The van der Waals surface area contributed by atoms with Crippen LogP contribution >= 0.6 is 11.6 Å². The van der Waals surface area contributed by atoms with Crippen molar-refractivity contribution in [2.75, 3.05) is 51.6 Å². The molecule has 6 rings (SSSR count). The summed E-state index contributed by atoms with van der Waals surface area (Å²) in [7, 11) is 1.35. The highest BCUT2D eigenvalue weighted by molar-refractivity contribution is 6.33. The van der Waals surface area contributed by atoms with Crippen molar-refractivity contribution >= 4 is 29.3 Å². The van der Waals surface area contributed by atoms with Gasteiger partial charge in [0.1, 0.15) is 0 Å². The van der Waals surface area contributed by atoms with Crippen LogP contribution in [0.5, 0.6) is 0 Å². The summed E-state index contributed by atoms with van der Waals surface area (Å²) < 4.78 is 49.2. The molecule has 0 aliphatic carbocycles. The summed E-state index contributed by atoms with van der Waals surface area (Å²) in [5.41, 5.74) is -0.671. The lowest BCUT2D eigenvalue weighted by atomic mass is 9.79. The molecule has 3 N–H and O–H groups in total. The Hall–Kier alpha value is -4.04. The van der Waals surface area contributed by atoms with Gasteiger partial charge in [0.15, 0.2) is 11.9 Å². The fourth-order valence-electron chi connectivity index (χ4n) is 7.56. The van der Waals surface area contributed by atoms with Crippen LogP contribution in [0.25, 0.3) is 11.4 Å². The predicted molar refractivity (Wildman–Crippen MR) is 183 cm³/mol. The number of ether oxygens (including phenoxy) is 1. The van der Waals surface area contributed by atoms with E-state index in [-0.39, 0.29) is 47.5 Å². The molecule has 2 aromatic carbocycles. The van der Waals surface area contributed by atoms with Gasteiger partial charge in [-0.3, -0.25) is 9.78 Å². The zero-order valence-electron chi connectivity index (χ0n) is 28.0. The van der Waals surface area contributed by atoms with Crippen LogP contribution < -0.4 is 16.3 Å². The monoisotopic (exact) mass is 717 g/mol. The van der Waals surface area contributed by atoms with Gasteiger partial charge in [0, 0.05) is 45.2 Å². The molecule has 3 aliphatic heterocycles. The summed E-state index contributed by atoms with van der Waals surface area (Å²) in [6, 6.07) is 11.3. The molecule has 270 valence electrons. The van der Waals surface area contributed by atoms with E-state index in [1.54, 1.807) is 4.90 Å². The fraction of sp³-hybridized carbons (Fsp3) is 0.543. The van der Waals surface area contributed by atoms with Crippen LogP contribution in [-0.2, 0) is 22.1 Å². The second kappa shape index (κ2) is 15.5. The van der Waals surface area contributed by atoms with E-state index < -0.39 is 29.8 Å². The Labute approximate surface area is 293 Å². The molecular formula is C35H43ClF3N7O4. The molecule has 15 heteroatoms. The van der Waals surface area contributed by atoms with E-state index in [4.69, 9.17) is 16.3 Å². The van der Waals surface area contributed by atoms with E-state index in [0.29, 0.717) is 43.6 Å². The average molecular weight is 718 g/mol. The first kappa shape index (κ1) is 35.8. The maximum Gasteiger partial charge on any atom is 0.418 e. The molecule has 3 aromatic rings. The van der Waals surface area contributed by atoms with Gasteiger partial charge in [0.25, 0.3) is 5.91 Å². The first-order valence-corrected chi connectivity index (χ1v) is 17.7. The molecule has 2 amide bonds. The van der Waals surface area contributed by atoms with Gasteiger partial charge in [-0.2, -0.15) is 13.2 Å². The van der Waals surface area contributed by atoms with Crippen LogP contribution in [0.15, 0.2) is 47.3 Å². The third-order valence-electron chi connectivity index (χ3n) is 10.3. The number of hydrogen-bond donors (Lipinski definition) is 3. The number of hydrogen-bond acceptors (Lipinski definition) is 7. The number of carbonyl (C=O) groups excluding carboxylic acids is 2. The number of nitrogens with one attached hydrogen (secondary N) is 3. The molecule has 0 spiro atoms. The molecule has 11 nitrogen and oxygen atoms in total. The zero-order chi connectivity index (χ0) is 35.4. The second-order valence-corrected chi connectivity index (χ2v) is 13.8. The van der Waals surface area contributed by atoms with Gasteiger partial charge in [0.05, 0.1) is 22.3 Å². The van der Waals surface area contributed by atoms with Gasteiger partial charge >= 0.3 is 18.0 Å². The van der Waals surface area contributed by atoms with Crippen molar-refractivity contribution in [3.8, 4) is 11.4 Å². The van der Waals surface area contributed by atoms with E-state index >= 15 is 0 Å². The number of rotatable bonds is 8. The zero-order valence-corrected chi connectivity index (χ0v) is 28.7. The van der Waals surface area contributed by atoms with Gasteiger partial charge < -0.3 is 25.2 Å². The maximum atomic E-state index is 14.0. The lowest BCUT2D eigenvalue weighted by Crippen LogP contribution is -2.49. The molecule has 4 heterocycles. The number of aromatic nitrogens is 3. The van der Waals surface area contributed by atoms with Crippen molar-refractivity contribution in [2.24, 2.45) is 11.8 Å². The first-order chi connectivity index (χ1) is 24.0. The van der Waals surface area contributed by atoms with Gasteiger partial charge in [-0.05, 0) is 81.1 Å². The van der Waals surface area contributed by atoms with E-state index in [9.17, 15) is 27.6 Å². The first-order valence-electron chi connectivity index (χ1n) is 17.3. The largest absolute Gasteiger partial charge is 0.436 e. The topological polar surface area (TPSA) is 125 Å². The predicted octanol–water partition coefficient (Wildman–Crippen LogP) is 5.58. The van der Waals surface area contributed by atoms with Gasteiger partial charge in [-0.25, -0.2) is 14.3 Å². The molecule has 0 unspecified atom stereocenters. The Morgan fingerprint density at radius 3 is 2.26 bits per heavy atom. The number of likely N-dealkylation sites (tertiary alicyclic amines) is 2. The molecule has 0 saturated carbocycles. The lowest BCUT2D eigenvalue weighted by Gasteiger charge is -2.39. The summed E-state index contributed by atoms with van der Waals surface area (Å²) in [5, 5.41) is 10.2. The number of piperidine rings is 3. The molecule has 50 heavy (non-hydrogen) atoms. The summed E-state index contributed by atoms with van der Waals surface area (Å²) in [6.07, 6.45) is -2.36. The smallest absolute Gasteiger partial charge is 0.418 e. The quantitative estimate of drug-likeness (QED) is 0.278. The molecule has 1 atom stereocenters. The number of benzene rings is 2. The Balaban J connectivity index is 1.15. The van der Waals surface area contributed by atoms with Crippen LogP contribution in [-0.4, -0.2) is 89.0 Å². The molecule has 3 fully saturated rings. The SMILES string of the molecule is CNc1c(Cl)cc(C[C@@H](OC(=O)N2CCC(n3nc(-c4ccccc4)[nH]c3=O)CC2)C(=O)N2CCC(C3CCNCC3)CC2)cc1C(F)(F)F. The Morgan fingerprint density at radius 1 is 0.980 bits per heavy atom. The van der Waals surface area contributed by atoms with E-state index in [1.807, 2.05) is 30.3 Å². The normalized spacial score (nSPS) is 19.0. The summed E-state index contributed by atoms with van der Waals surface area (Å²) >= 11 is 6.27. The third-order valence-corrected chi connectivity index (χ3v) is 10.6. The van der Waals surface area contributed by atoms with Crippen LogP contribution in [0.3, 0.4) is 0 Å². The number of H-pyrrole nitrogens is 1. The number of carbonyl (C=O) groups is 2. The van der Waals surface area contributed by atoms with Gasteiger partial charge in [-0.15, -0.1) is 5.10 Å². The lowest BCUT2D eigenvalue weighted by molar-refractivity contribution is -0.142. The van der Waals surface area contributed by atoms with Gasteiger partial charge in [0.2, 0.25) is 0 Å². The molecule has 0 bridgehead atoms. The van der Waals surface area contributed by atoms with Crippen LogP contribution in [0.1, 0.15) is 55.7 Å². The van der Waals surface area contributed by atoms with E-state index in [2.05, 4.69) is 20.7 Å². The van der Waals surface area contributed by atoms with Gasteiger partial charge in [-0.1, -0.05) is 41.9 Å². The standard InChI is InChI=1S/C35H43ClF3N7O4/c1-40-30-27(35(37,38)39)19-22(20-28(30)36)21-29(32(47)44-15-9-24(10-16-44)23-7-13-41-14-8-23)50-34(49)45-17-11-26(12-18-45)46-33(48)42-31(43-46)25-5-3-2-4-6-25/h2-6,19-20,23-24,26,29,40-41H,7-18,21H2,1H3,(H,42,43,48)/t29-/m1/s1. The van der Waals surface area contributed by atoms with Crippen LogP contribution in [0.2, 0.25) is 5.02 Å². The van der Waals surface area contributed by atoms with Crippen molar-refractivity contribution in [3.63, 3.8) is 0 Å². The Bertz CT molecular complexity index is 1690. The number of nitrogens with zero attached hydrogens (tertiary/aromatic N) is 4. The Kier molecular flexibility index (Phi) is 11.1. The van der Waals surface area contributed by atoms with Crippen LogP contribution in [0.4, 0.5) is 23.7 Å². The van der Waals surface area contributed by atoms with Crippen molar-refractivity contribution in [1.82, 2.24) is 29.9 Å². The minimum atomic E-state index is -4.70. The average Bonchev–Trinajstić information content (AvgIpc) is 3.52. The van der Waals surface area contributed by atoms with Crippen molar-refractivity contribution < 1.29 is 27.5 Å². The van der Waals surface area contributed by atoms with Crippen molar-refractivity contribution in [1.29, 1.82) is 0 Å². The minimum absolute atomic E-state index is 0.128. The third kappa shape index (κ3) is 8.12. The molecule has 1 aromatic heterocycles.